The Balaban J connectivity index is 1.81. The Morgan fingerprint density at radius 2 is 1.70 bits per heavy atom. The third-order valence-corrected chi connectivity index (χ3v) is 3.10. The van der Waals surface area contributed by atoms with E-state index >= 15 is 0 Å². The summed E-state index contributed by atoms with van der Waals surface area (Å²) in [6, 6.07) is 18.3. The highest BCUT2D eigenvalue weighted by molar-refractivity contribution is 9.11. The van der Waals surface area contributed by atoms with Gasteiger partial charge in [-0.2, -0.15) is 0 Å². The van der Waals surface area contributed by atoms with E-state index in [0.717, 1.165) is 23.3 Å². The molecule has 0 aliphatic heterocycles. The van der Waals surface area contributed by atoms with Gasteiger partial charge in [-0.15, -0.1) is 0 Å². The highest BCUT2D eigenvalue weighted by Gasteiger charge is 1.97. The SMILES string of the molecule is C=C(Br)CNCc1ccc(OCc2ccccc2)cc1. The van der Waals surface area contributed by atoms with Crippen molar-refractivity contribution in [3.63, 3.8) is 0 Å². The summed E-state index contributed by atoms with van der Waals surface area (Å²) in [5.41, 5.74) is 2.40. The molecule has 0 saturated heterocycles. The average Bonchev–Trinajstić information content (AvgIpc) is 2.47. The lowest BCUT2D eigenvalue weighted by atomic mass is 10.2. The fourth-order valence-electron chi connectivity index (χ4n) is 1.79. The molecule has 0 unspecified atom stereocenters. The van der Waals surface area contributed by atoms with Crippen LogP contribution >= 0.6 is 15.9 Å². The third-order valence-electron chi connectivity index (χ3n) is 2.82. The standard InChI is InChI=1S/C17H18BrNO/c1-14(18)11-19-12-15-7-9-17(10-8-15)20-13-16-5-3-2-4-6-16/h2-10,19H,1,11-13H2. The molecule has 2 nitrogen and oxygen atoms in total. The van der Waals surface area contributed by atoms with Crippen LogP contribution in [0.25, 0.3) is 0 Å². The quantitative estimate of drug-likeness (QED) is 0.818. The van der Waals surface area contributed by atoms with E-state index in [0.29, 0.717) is 6.61 Å². The largest absolute Gasteiger partial charge is 0.489 e. The average molecular weight is 332 g/mol. The first-order valence-corrected chi connectivity index (χ1v) is 7.33. The van der Waals surface area contributed by atoms with Crippen LogP contribution in [-0.4, -0.2) is 6.54 Å². The second kappa shape index (κ2) is 7.88. The number of ether oxygens (including phenoxy) is 1. The van der Waals surface area contributed by atoms with Crippen molar-refractivity contribution in [2.75, 3.05) is 6.54 Å². The van der Waals surface area contributed by atoms with Gasteiger partial charge in [0.25, 0.3) is 0 Å². The molecule has 0 saturated carbocycles. The molecule has 3 heteroatoms. The molecule has 0 amide bonds. The first-order chi connectivity index (χ1) is 9.74. The summed E-state index contributed by atoms with van der Waals surface area (Å²) >= 11 is 3.33. The van der Waals surface area contributed by atoms with Gasteiger partial charge in [0.1, 0.15) is 12.4 Å². The molecule has 20 heavy (non-hydrogen) atoms. The van der Waals surface area contributed by atoms with Crippen LogP contribution in [0.15, 0.2) is 65.7 Å². The van der Waals surface area contributed by atoms with Gasteiger partial charge in [0.2, 0.25) is 0 Å². The van der Waals surface area contributed by atoms with Crippen molar-refractivity contribution in [3.05, 3.63) is 76.8 Å². The number of halogens is 1. The molecule has 2 aromatic rings. The molecule has 0 bridgehead atoms. The lowest BCUT2D eigenvalue weighted by Gasteiger charge is -2.08. The molecule has 2 aromatic carbocycles. The van der Waals surface area contributed by atoms with Crippen LogP contribution in [0.2, 0.25) is 0 Å². The summed E-state index contributed by atoms with van der Waals surface area (Å²) in [6.07, 6.45) is 0. The van der Waals surface area contributed by atoms with Gasteiger partial charge in [-0.25, -0.2) is 0 Å². The predicted molar refractivity (Wildman–Crippen MR) is 87.0 cm³/mol. The monoisotopic (exact) mass is 331 g/mol. The van der Waals surface area contributed by atoms with Gasteiger partial charge in [0, 0.05) is 17.6 Å². The second-order valence-corrected chi connectivity index (χ2v) is 5.66. The zero-order chi connectivity index (χ0) is 14.2. The second-order valence-electron chi connectivity index (χ2n) is 4.54. The fourth-order valence-corrected chi connectivity index (χ4v) is 1.99. The summed E-state index contributed by atoms with van der Waals surface area (Å²) in [4.78, 5) is 0. The molecule has 0 aliphatic rings. The van der Waals surface area contributed by atoms with E-state index in [2.05, 4.69) is 52.1 Å². The van der Waals surface area contributed by atoms with Crippen LogP contribution < -0.4 is 10.1 Å². The van der Waals surface area contributed by atoms with Gasteiger partial charge in [0.05, 0.1) is 0 Å². The molecular formula is C17H18BrNO. The fraction of sp³-hybridized carbons (Fsp3) is 0.176. The van der Waals surface area contributed by atoms with Crippen LogP contribution in [0.4, 0.5) is 0 Å². The summed E-state index contributed by atoms with van der Waals surface area (Å²) in [5, 5.41) is 3.29. The summed E-state index contributed by atoms with van der Waals surface area (Å²) in [6.45, 7) is 5.98. The molecule has 0 atom stereocenters. The zero-order valence-electron chi connectivity index (χ0n) is 11.3. The Morgan fingerprint density at radius 1 is 1.00 bits per heavy atom. The van der Waals surface area contributed by atoms with Gasteiger partial charge < -0.3 is 10.1 Å². The molecule has 0 heterocycles. The normalized spacial score (nSPS) is 10.2. The maximum Gasteiger partial charge on any atom is 0.119 e. The van der Waals surface area contributed by atoms with Crippen LogP contribution in [0.5, 0.6) is 5.75 Å². The minimum atomic E-state index is 0.599. The molecule has 104 valence electrons. The molecule has 2 rings (SSSR count). The number of benzene rings is 2. The van der Waals surface area contributed by atoms with Gasteiger partial charge in [0.15, 0.2) is 0 Å². The molecule has 0 fully saturated rings. The van der Waals surface area contributed by atoms with Crippen molar-refractivity contribution in [1.29, 1.82) is 0 Å². The van der Waals surface area contributed by atoms with Crippen LogP contribution in [0.1, 0.15) is 11.1 Å². The van der Waals surface area contributed by atoms with E-state index in [1.54, 1.807) is 0 Å². The van der Waals surface area contributed by atoms with Gasteiger partial charge in [-0.1, -0.05) is 65.0 Å². The Bertz CT molecular complexity index is 537. The van der Waals surface area contributed by atoms with Gasteiger partial charge in [-0.3, -0.25) is 0 Å². The van der Waals surface area contributed by atoms with Crippen molar-refractivity contribution in [1.82, 2.24) is 5.32 Å². The highest BCUT2D eigenvalue weighted by Crippen LogP contribution is 2.14. The minimum Gasteiger partial charge on any atom is -0.489 e. The predicted octanol–water partition coefficient (Wildman–Crippen LogP) is 4.26. The zero-order valence-corrected chi connectivity index (χ0v) is 12.9. The Hall–Kier alpha value is -1.58. The van der Waals surface area contributed by atoms with E-state index in [1.165, 1.54) is 11.1 Å². The first-order valence-electron chi connectivity index (χ1n) is 6.54. The van der Waals surface area contributed by atoms with Crippen molar-refractivity contribution in [2.45, 2.75) is 13.2 Å². The van der Waals surface area contributed by atoms with Crippen LogP contribution in [-0.2, 0) is 13.2 Å². The van der Waals surface area contributed by atoms with E-state index in [4.69, 9.17) is 4.74 Å². The Labute approximate surface area is 128 Å². The van der Waals surface area contributed by atoms with Crippen molar-refractivity contribution in [3.8, 4) is 5.75 Å². The Morgan fingerprint density at radius 3 is 2.35 bits per heavy atom. The lowest BCUT2D eigenvalue weighted by molar-refractivity contribution is 0.306. The molecule has 1 N–H and O–H groups in total. The van der Waals surface area contributed by atoms with Crippen molar-refractivity contribution in [2.24, 2.45) is 0 Å². The smallest absolute Gasteiger partial charge is 0.119 e. The van der Waals surface area contributed by atoms with E-state index in [9.17, 15) is 0 Å². The summed E-state index contributed by atoms with van der Waals surface area (Å²) < 4.78 is 6.71. The summed E-state index contributed by atoms with van der Waals surface area (Å²) in [5.74, 6) is 0.891. The number of rotatable bonds is 7. The number of nitrogens with one attached hydrogen (secondary N) is 1. The molecule has 0 spiro atoms. The van der Waals surface area contributed by atoms with Gasteiger partial charge in [-0.05, 0) is 23.3 Å². The topological polar surface area (TPSA) is 21.3 Å². The summed E-state index contributed by atoms with van der Waals surface area (Å²) in [7, 11) is 0. The van der Waals surface area contributed by atoms with E-state index in [1.807, 2.05) is 30.3 Å². The number of hydrogen-bond acceptors (Lipinski definition) is 2. The van der Waals surface area contributed by atoms with Crippen molar-refractivity contribution >= 4 is 15.9 Å². The van der Waals surface area contributed by atoms with Crippen LogP contribution in [0, 0.1) is 0 Å². The third kappa shape index (κ3) is 5.19. The van der Waals surface area contributed by atoms with Gasteiger partial charge >= 0.3 is 0 Å². The first kappa shape index (κ1) is 14.8. The van der Waals surface area contributed by atoms with E-state index < -0.39 is 0 Å². The molecule has 0 aromatic heterocycles. The maximum atomic E-state index is 5.75. The minimum absolute atomic E-state index is 0.599. The number of hydrogen-bond donors (Lipinski definition) is 1. The maximum absolute atomic E-state index is 5.75. The Kier molecular flexibility index (Phi) is 5.84. The lowest BCUT2D eigenvalue weighted by Crippen LogP contribution is -2.14. The molecule has 0 radical (unpaired) electrons. The highest BCUT2D eigenvalue weighted by atomic mass is 79.9. The molecule has 0 aliphatic carbocycles. The van der Waals surface area contributed by atoms with Crippen molar-refractivity contribution < 1.29 is 4.74 Å². The van der Waals surface area contributed by atoms with E-state index in [-0.39, 0.29) is 0 Å². The van der Waals surface area contributed by atoms with Crippen LogP contribution in [0.3, 0.4) is 0 Å². The molecular weight excluding hydrogens is 314 g/mol.